The van der Waals surface area contributed by atoms with Crippen LogP contribution in [-0.4, -0.2) is 92.7 Å². The molecular weight excluding hydrogens is 521 g/mol. The van der Waals surface area contributed by atoms with E-state index >= 15 is 0 Å². The first-order valence-electron chi connectivity index (χ1n) is 11.2. The summed E-state index contributed by atoms with van der Waals surface area (Å²) < 4.78 is 73.0. The summed E-state index contributed by atoms with van der Waals surface area (Å²) in [5.74, 6) is 0.0589. The molecule has 2 fully saturated rings. The van der Waals surface area contributed by atoms with E-state index in [2.05, 4.69) is 15.1 Å². The van der Waals surface area contributed by atoms with Gasteiger partial charge in [0.2, 0.25) is 5.91 Å². The first kappa shape index (κ1) is 27.1. The minimum atomic E-state index is -4.91. The van der Waals surface area contributed by atoms with Crippen LogP contribution < -0.4 is 24.8 Å². The lowest BCUT2D eigenvalue weighted by Gasteiger charge is -2.61. The number of carbonyl (C=O) groups excluding carboxylic acids is 1. The second kappa shape index (κ2) is 9.74. The molecule has 0 bridgehead atoms. The fourth-order valence-electron chi connectivity index (χ4n) is 4.91. The number of aliphatic hydroxyl groups excluding tert-OH is 1. The van der Waals surface area contributed by atoms with Crippen LogP contribution in [-0.2, 0) is 15.0 Å². The number of ether oxygens (including phenoxy) is 2. The Labute approximate surface area is 210 Å². The smallest absolute Gasteiger partial charge is 0.416 e. The van der Waals surface area contributed by atoms with Crippen LogP contribution in [0.4, 0.5) is 18.9 Å². The zero-order chi connectivity index (χ0) is 27.2. The molecule has 1 saturated carbocycles. The number of alkyl halides is 3. The summed E-state index contributed by atoms with van der Waals surface area (Å²) in [5.41, 5.74) is 1.23. The molecule has 12 nitrogen and oxygen atoms in total. The normalized spacial score (nSPS) is 18.4. The Hall–Kier alpha value is -2.95. The van der Waals surface area contributed by atoms with E-state index in [4.69, 9.17) is 19.7 Å². The van der Waals surface area contributed by atoms with Gasteiger partial charge in [-0.2, -0.15) is 36.1 Å². The van der Waals surface area contributed by atoms with Gasteiger partial charge in [-0.1, -0.05) is 0 Å². The summed E-state index contributed by atoms with van der Waals surface area (Å²) >= 11 is 0. The molecule has 2 aromatic rings. The fourth-order valence-corrected chi connectivity index (χ4v) is 5.77. The molecule has 1 unspecified atom stereocenters. The standard InChI is InChI=1S/C21H27F3N6O6S/c1-35-16-3-13-14(4-17(16)36-2)28-27-7-15(13)29-10-20(11-29)5-12(6-20)30(37(25,33)34)9-19(32)26-8-18(31)21(22,23)24/h3-4,7,12,18,31H,5-6,8-11H2,1-2H3,(H,26,32)(H2,25,33,34). The SMILES string of the molecule is COc1cc2nncc(N3CC4(CC(N(CC(=O)NCC(O)C(F)(F)F)S(N)(=O)=O)C4)C3)c2cc1OC. The number of hydrogen-bond donors (Lipinski definition) is 3. The molecule has 2 heterocycles. The first-order valence-corrected chi connectivity index (χ1v) is 12.7. The number of carbonyl (C=O) groups is 1. The van der Waals surface area contributed by atoms with Gasteiger partial charge in [0.05, 0.1) is 44.7 Å². The number of hydrogen-bond acceptors (Lipinski definition) is 9. The van der Waals surface area contributed by atoms with Gasteiger partial charge in [0.25, 0.3) is 10.2 Å². The van der Waals surface area contributed by atoms with Gasteiger partial charge in [-0.25, -0.2) is 5.14 Å². The number of benzene rings is 1. The van der Waals surface area contributed by atoms with E-state index in [0.29, 0.717) is 42.9 Å². The van der Waals surface area contributed by atoms with Gasteiger partial charge in [0.1, 0.15) is 0 Å². The first-order chi connectivity index (χ1) is 17.3. The highest BCUT2D eigenvalue weighted by Crippen LogP contribution is 2.52. The average molecular weight is 549 g/mol. The van der Waals surface area contributed by atoms with E-state index in [1.54, 1.807) is 12.3 Å². The van der Waals surface area contributed by atoms with Crippen LogP contribution in [0.5, 0.6) is 11.5 Å². The largest absolute Gasteiger partial charge is 0.493 e. The van der Waals surface area contributed by atoms with Crippen molar-refractivity contribution in [2.45, 2.75) is 31.2 Å². The van der Waals surface area contributed by atoms with Crippen LogP contribution in [0.2, 0.25) is 0 Å². The van der Waals surface area contributed by atoms with Gasteiger partial charge < -0.3 is 24.8 Å². The van der Waals surface area contributed by atoms with Crippen LogP contribution in [0.15, 0.2) is 18.3 Å². The van der Waals surface area contributed by atoms with Gasteiger partial charge in [-0.3, -0.25) is 4.79 Å². The fraction of sp³-hybridized carbons (Fsp3) is 0.571. The van der Waals surface area contributed by atoms with Gasteiger partial charge in [0, 0.05) is 36.0 Å². The lowest BCUT2D eigenvalue weighted by molar-refractivity contribution is -0.201. The van der Waals surface area contributed by atoms with Crippen molar-refractivity contribution in [3.05, 3.63) is 18.3 Å². The van der Waals surface area contributed by atoms with Crippen molar-refractivity contribution in [2.24, 2.45) is 10.6 Å². The molecule has 1 atom stereocenters. The molecule has 4 N–H and O–H groups in total. The van der Waals surface area contributed by atoms with Crippen molar-refractivity contribution in [3.63, 3.8) is 0 Å². The molecule has 1 aliphatic carbocycles. The number of aromatic nitrogens is 2. The third-order valence-corrected chi connectivity index (χ3v) is 7.84. The maximum Gasteiger partial charge on any atom is 0.416 e. The van der Waals surface area contributed by atoms with E-state index in [1.807, 2.05) is 11.4 Å². The van der Waals surface area contributed by atoms with Crippen LogP contribution in [0.25, 0.3) is 10.9 Å². The third-order valence-electron chi connectivity index (χ3n) is 6.76. The predicted octanol–water partition coefficient (Wildman–Crippen LogP) is 0.161. The van der Waals surface area contributed by atoms with E-state index in [9.17, 15) is 26.4 Å². The Morgan fingerprint density at radius 3 is 2.49 bits per heavy atom. The molecule has 1 aliphatic heterocycles. The number of fused-ring (bicyclic) bond motifs is 1. The van der Waals surface area contributed by atoms with E-state index in [1.165, 1.54) is 14.2 Å². The Kier molecular flexibility index (Phi) is 7.13. The summed E-state index contributed by atoms with van der Waals surface area (Å²) in [5, 5.41) is 25.2. The molecular formula is C21H27F3N6O6S. The van der Waals surface area contributed by atoms with Crippen LogP contribution in [0.1, 0.15) is 12.8 Å². The second-order valence-corrected chi connectivity index (χ2v) is 10.8. The molecule has 2 aliphatic rings. The second-order valence-electron chi connectivity index (χ2n) is 9.32. The van der Waals surface area contributed by atoms with Gasteiger partial charge >= 0.3 is 6.18 Å². The highest BCUT2D eigenvalue weighted by Gasteiger charge is 2.55. The average Bonchev–Trinajstić information content (AvgIpc) is 2.77. The number of nitrogens with one attached hydrogen (secondary N) is 1. The predicted molar refractivity (Wildman–Crippen MR) is 125 cm³/mol. The Morgan fingerprint density at radius 1 is 1.30 bits per heavy atom. The number of aliphatic hydroxyl groups is 1. The van der Waals surface area contributed by atoms with E-state index in [0.717, 1.165) is 15.4 Å². The summed E-state index contributed by atoms with van der Waals surface area (Å²) in [6.07, 6.45) is -5.19. The summed E-state index contributed by atoms with van der Waals surface area (Å²) in [6.45, 7) is -0.633. The summed E-state index contributed by atoms with van der Waals surface area (Å²) in [6, 6.07) is 2.96. The maximum absolute atomic E-state index is 12.4. The van der Waals surface area contributed by atoms with Crippen LogP contribution in [0, 0.1) is 5.41 Å². The maximum atomic E-state index is 12.4. The van der Waals surface area contributed by atoms with Crippen LogP contribution in [0.3, 0.4) is 0 Å². The molecule has 1 saturated heterocycles. The molecule has 1 aromatic carbocycles. The Balaban J connectivity index is 1.39. The zero-order valence-electron chi connectivity index (χ0n) is 20.0. The number of anilines is 1. The van der Waals surface area contributed by atoms with Gasteiger partial charge in [-0.15, -0.1) is 0 Å². The molecule has 1 amide bonds. The number of amides is 1. The van der Waals surface area contributed by atoms with Crippen molar-refractivity contribution in [2.75, 3.05) is 45.3 Å². The Morgan fingerprint density at radius 2 is 1.92 bits per heavy atom. The Bertz CT molecular complexity index is 1280. The third kappa shape index (κ3) is 5.51. The number of rotatable bonds is 9. The van der Waals surface area contributed by atoms with Crippen molar-refractivity contribution in [3.8, 4) is 11.5 Å². The zero-order valence-corrected chi connectivity index (χ0v) is 20.8. The number of nitrogens with zero attached hydrogens (tertiary/aromatic N) is 4. The van der Waals surface area contributed by atoms with E-state index in [-0.39, 0.29) is 5.41 Å². The molecule has 0 radical (unpaired) electrons. The molecule has 4 rings (SSSR count). The summed E-state index contributed by atoms with van der Waals surface area (Å²) in [4.78, 5) is 14.2. The highest BCUT2D eigenvalue weighted by molar-refractivity contribution is 7.86. The monoisotopic (exact) mass is 548 g/mol. The minimum absolute atomic E-state index is 0.206. The minimum Gasteiger partial charge on any atom is -0.493 e. The van der Waals surface area contributed by atoms with Gasteiger partial charge in [0.15, 0.2) is 17.6 Å². The van der Waals surface area contributed by atoms with Gasteiger partial charge in [-0.05, 0) is 18.9 Å². The molecule has 204 valence electrons. The molecule has 1 aromatic heterocycles. The number of nitrogens with two attached hydrogens (primary N) is 1. The van der Waals surface area contributed by atoms with E-state index < -0.39 is 47.5 Å². The molecule has 16 heteroatoms. The van der Waals surface area contributed by atoms with Crippen LogP contribution >= 0.6 is 0 Å². The highest BCUT2D eigenvalue weighted by atomic mass is 32.2. The number of halogens is 3. The van der Waals surface area contributed by atoms with Crippen molar-refractivity contribution in [1.29, 1.82) is 0 Å². The topological polar surface area (TPSA) is 160 Å². The number of methoxy groups -OCH3 is 2. The van der Waals surface area contributed by atoms with Crippen molar-refractivity contribution in [1.82, 2.24) is 19.8 Å². The quantitative estimate of drug-likeness (QED) is 0.397. The summed E-state index contributed by atoms with van der Waals surface area (Å²) in [7, 11) is -1.25. The lowest BCUT2D eigenvalue weighted by Crippen LogP contribution is -2.68. The molecule has 37 heavy (non-hydrogen) atoms. The molecule has 1 spiro atoms. The lowest BCUT2D eigenvalue weighted by atomic mass is 9.60. The van der Waals surface area contributed by atoms with Crippen molar-refractivity contribution >= 4 is 32.7 Å². The van der Waals surface area contributed by atoms with Crippen molar-refractivity contribution < 1.29 is 41.0 Å².